The van der Waals surface area contributed by atoms with Crippen LogP contribution in [-0.2, 0) is 0 Å². The maximum Gasteiger partial charge on any atom is 0.314 e. The largest absolute Gasteiger partial charge is 0.339 e. The van der Waals surface area contributed by atoms with Crippen LogP contribution in [-0.4, -0.2) is 11.9 Å². The molecule has 0 heterocycles. The first kappa shape index (κ1) is 9.81. The molecule has 0 spiro atoms. The first-order valence-electron chi connectivity index (χ1n) is 3.94. The van der Waals surface area contributed by atoms with Gasteiger partial charge >= 0.3 is 5.37 Å². The minimum atomic E-state index is -0.530. The number of halogens is 1. The zero-order valence-electron chi connectivity index (χ0n) is 7.03. The van der Waals surface area contributed by atoms with Gasteiger partial charge in [-0.3, -0.25) is 4.79 Å². The lowest BCUT2D eigenvalue weighted by atomic mass is 10.2. The van der Waals surface area contributed by atoms with Crippen molar-refractivity contribution in [3.8, 4) is 0 Å². The van der Waals surface area contributed by atoms with Gasteiger partial charge in [0.25, 0.3) is 0 Å². The molecule has 13 heavy (non-hydrogen) atoms. The summed E-state index contributed by atoms with van der Waals surface area (Å²) in [6, 6.07) is 9.84. The molecular formula is C10H10ClNO. The molecule has 3 heteroatoms. The van der Waals surface area contributed by atoms with E-state index in [1.807, 2.05) is 42.5 Å². The van der Waals surface area contributed by atoms with E-state index in [1.165, 1.54) is 0 Å². The first-order chi connectivity index (χ1) is 6.29. The summed E-state index contributed by atoms with van der Waals surface area (Å²) in [5.41, 5.74) is 1.10. The van der Waals surface area contributed by atoms with E-state index in [4.69, 9.17) is 11.6 Å². The minimum Gasteiger partial charge on any atom is -0.339 e. The third-order valence-corrected chi connectivity index (χ3v) is 1.60. The molecule has 0 aliphatic rings. The highest BCUT2D eigenvalue weighted by Crippen LogP contribution is 1.99. The van der Waals surface area contributed by atoms with E-state index < -0.39 is 5.37 Å². The summed E-state index contributed by atoms with van der Waals surface area (Å²) in [7, 11) is 0. The number of nitrogens with one attached hydrogen (secondary N) is 1. The van der Waals surface area contributed by atoms with Crippen molar-refractivity contribution in [2.45, 2.75) is 0 Å². The van der Waals surface area contributed by atoms with E-state index in [1.54, 1.807) is 0 Å². The van der Waals surface area contributed by atoms with Gasteiger partial charge in [-0.15, -0.1) is 0 Å². The summed E-state index contributed by atoms with van der Waals surface area (Å²) >= 11 is 5.08. The summed E-state index contributed by atoms with van der Waals surface area (Å²) in [6.45, 7) is 0.456. The van der Waals surface area contributed by atoms with Crippen molar-refractivity contribution in [2.75, 3.05) is 6.54 Å². The van der Waals surface area contributed by atoms with Crippen molar-refractivity contribution in [2.24, 2.45) is 0 Å². The monoisotopic (exact) mass is 195 g/mol. The zero-order valence-corrected chi connectivity index (χ0v) is 7.79. The van der Waals surface area contributed by atoms with Gasteiger partial charge in [-0.2, -0.15) is 0 Å². The zero-order chi connectivity index (χ0) is 9.52. The van der Waals surface area contributed by atoms with Crippen LogP contribution in [0.1, 0.15) is 5.56 Å². The van der Waals surface area contributed by atoms with Gasteiger partial charge in [0.2, 0.25) is 0 Å². The molecule has 68 valence electrons. The third kappa shape index (κ3) is 4.33. The Hall–Kier alpha value is -1.28. The Morgan fingerprint density at radius 2 is 2.08 bits per heavy atom. The fraction of sp³-hybridized carbons (Fsp3) is 0.100. The van der Waals surface area contributed by atoms with Gasteiger partial charge in [0.05, 0.1) is 0 Å². The van der Waals surface area contributed by atoms with Gasteiger partial charge < -0.3 is 5.32 Å². The van der Waals surface area contributed by atoms with Crippen LogP contribution < -0.4 is 5.32 Å². The molecule has 0 saturated heterocycles. The Balaban J connectivity index is 2.37. The van der Waals surface area contributed by atoms with Crippen LogP contribution in [0.25, 0.3) is 6.08 Å². The Labute approximate surface area is 82.2 Å². The van der Waals surface area contributed by atoms with Gasteiger partial charge in [-0.1, -0.05) is 42.5 Å². The Morgan fingerprint density at radius 3 is 2.69 bits per heavy atom. The van der Waals surface area contributed by atoms with Gasteiger partial charge in [-0.25, -0.2) is 0 Å². The molecular weight excluding hydrogens is 186 g/mol. The second-order valence-electron chi connectivity index (χ2n) is 2.47. The molecule has 0 radical (unpaired) electrons. The normalized spacial score (nSPS) is 10.2. The predicted molar refractivity (Wildman–Crippen MR) is 54.7 cm³/mol. The predicted octanol–water partition coefficient (Wildman–Crippen LogP) is 2.65. The topological polar surface area (TPSA) is 29.1 Å². The molecule has 0 fully saturated rings. The van der Waals surface area contributed by atoms with Crippen molar-refractivity contribution in [3.05, 3.63) is 42.0 Å². The molecule has 1 rings (SSSR count). The first-order valence-corrected chi connectivity index (χ1v) is 4.32. The van der Waals surface area contributed by atoms with Crippen LogP contribution in [0.3, 0.4) is 0 Å². The molecule has 0 bridgehead atoms. The number of carbonyl (C=O) groups excluding carboxylic acids is 1. The Kier molecular flexibility index (Phi) is 4.06. The summed E-state index contributed by atoms with van der Waals surface area (Å²) in [6.07, 6.45) is 3.77. The molecule has 0 atom stereocenters. The molecule has 1 aromatic carbocycles. The van der Waals surface area contributed by atoms with Crippen LogP contribution in [0.15, 0.2) is 36.4 Å². The number of hydrogen-bond acceptors (Lipinski definition) is 1. The van der Waals surface area contributed by atoms with Crippen LogP contribution in [0.5, 0.6) is 0 Å². The summed E-state index contributed by atoms with van der Waals surface area (Å²) in [5, 5.41) is 1.93. The fourth-order valence-corrected chi connectivity index (χ4v) is 0.975. The summed E-state index contributed by atoms with van der Waals surface area (Å²) < 4.78 is 0. The standard InChI is InChI=1S/C10H10ClNO/c11-10(13)12-8-4-7-9-5-2-1-3-6-9/h1-7H,8H2,(H,12,13). The number of carbonyl (C=O) groups is 1. The van der Waals surface area contributed by atoms with Crippen LogP contribution in [0.4, 0.5) is 4.79 Å². The molecule has 0 saturated carbocycles. The summed E-state index contributed by atoms with van der Waals surface area (Å²) in [5.74, 6) is 0. The fourth-order valence-electron chi connectivity index (χ4n) is 0.898. The smallest absolute Gasteiger partial charge is 0.314 e. The van der Waals surface area contributed by atoms with Gasteiger partial charge in [0.1, 0.15) is 0 Å². The third-order valence-electron chi connectivity index (χ3n) is 1.47. The number of amides is 1. The highest BCUT2D eigenvalue weighted by molar-refractivity contribution is 6.62. The van der Waals surface area contributed by atoms with Gasteiger partial charge in [0.15, 0.2) is 0 Å². The van der Waals surface area contributed by atoms with E-state index in [0.717, 1.165) is 5.56 Å². The lowest BCUT2D eigenvalue weighted by molar-refractivity contribution is 0.260. The van der Waals surface area contributed by atoms with E-state index in [9.17, 15) is 4.79 Å². The number of hydrogen-bond donors (Lipinski definition) is 1. The lowest BCUT2D eigenvalue weighted by Gasteiger charge is -1.93. The SMILES string of the molecule is O=C(Cl)NCC=Cc1ccccc1. The van der Waals surface area contributed by atoms with E-state index in [2.05, 4.69) is 5.32 Å². The van der Waals surface area contributed by atoms with E-state index in [0.29, 0.717) is 6.54 Å². The highest BCUT2D eigenvalue weighted by atomic mass is 35.5. The quantitative estimate of drug-likeness (QED) is 0.583. The van der Waals surface area contributed by atoms with Crippen molar-refractivity contribution < 1.29 is 4.79 Å². The van der Waals surface area contributed by atoms with Crippen molar-refractivity contribution in [1.82, 2.24) is 5.32 Å². The molecule has 0 aliphatic carbocycles. The van der Waals surface area contributed by atoms with Crippen LogP contribution in [0, 0.1) is 0 Å². The highest BCUT2D eigenvalue weighted by Gasteiger charge is 1.87. The summed E-state index contributed by atoms with van der Waals surface area (Å²) in [4.78, 5) is 10.3. The average Bonchev–Trinajstić information content (AvgIpc) is 2.14. The minimum absolute atomic E-state index is 0.456. The molecule has 1 amide bonds. The molecule has 1 N–H and O–H groups in total. The van der Waals surface area contributed by atoms with Crippen LogP contribution in [0.2, 0.25) is 0 Å². The maximum atomic E-state index is 10.3. The second kappa shape index (κ2) is 5.38. The van der Waals surface area contributed by atoms with Crippen LogP contribution >= 0.6 is 11.6 Å². The lowest BCUT2D eigenvalue weighted by Crippen LogP contribution is -2.15. The van der Waals surface area contributed by atoms with Gasteiger partial charge in [0, 0.05) is 6.54 Å². The Bertz CT molecular complexity index is 295. The second-order valence-corrected chi connectivity index (χ2v) is 2.81. The van der Waals surface area contributed by atoms with Crippen molar-refractivity contribution in [3.63, 3.8) is 0 Å². The Morgan fingerprint density at radius 1 is 1.38 bits per heavy atom. The van der Waals surface area contributed by atoms with Crippen molar-refractivity contribution in [1.29, 1.82) is 0 Å². The molecule has 0 aromatic heterocycles. The van der Waals surface area contributed by atoms with E-state index in [-0.39, 0.29) is 0 Å². The molecule has 0 unspecified atom stereocenters. The average molecular weight is 196 g/mol. The molecule has 0 aliphatic heterocycles. The molecule has 2 nitrogen and oxygen atoms in total. The van der Waals surface area contributed by atoms with Crippen molar-refractivity contribution >= 4 is 23.0 Å². The number of rotatable bonds is 3. The number of benzene rings is 1. The van der Waals surface area contributed by atoms with E-state index >= 15 is 0 Å². The van der Waals surface area contributed by atoms with Gasteiger partial charge in [-0.05, 0) is 17.2 Å². The maximum absolute atomic E-state index is 10.3. The molecule has 1 aromatic rings.